The zero-order valence-corrected chi connectivity index (χ0v) is 12.1. The molecule has 1 heterocycles. The van der Waals surface area contributed by atoms with Gasteiger partial charge in [-0.1, -0.05) is 19.8 Å². The molecule has 1 aliphatic heterocycles. The molecule has 106 valence electrons. The van der Waals surface area contributed by atoms with Crippen molar-refractivity contribution >= 4 is 18.3 Å². The Morgan fingerprint density at radius 1 is 1.44 bits per heavy atom. The first-order valence-electron chi connectivity index (χ1n) is 6.73. The van der Waals surface area contributed by atoms with Crippen LogP contribution in [0.15, 0.2) is 0 Å². The molecular weight excluding hydrogens is 252 g/mol. The first kappa shape index (κ1) is 15.7. The van der Waals surface area contributed by atoms with Crippen molar-refractivity contribution in [1.82, 2.24) is 10.6 Å². The Balaban J connectivity index is 0.00000162. The molecule has 2 N–H and O–H groups in total. The average molecular weight is 277 g/mol. The van der Waals surface area contributed by atoms with E-state index >= 15 is 0 Å². The van der Waals surface area contributed by atoms with Gasteiger partial charge in [-0.2, -0.15) is 0 Å². The molecule has 0 aromatic carbocycles. The van der Waals surface area contributed by atoms with Crippen molar-refractivity contribution in [2.75, 3.05) is 19.7 Å². The van der Waals surface area contributed by atoms with Crippen LogP contribution in [0.5, 0.6) is 0 Å². The summed E-state index contributed by atoms with van der Waals surface area (Å²) >= 11 is 0. The maximum Gasteiger partial charge on any atom is 0.239 e. The lowest BCUT2D eigenvalue weighted by Gasteiger charge is -2.31. The van der Waals surface area contributed by atoms with Gasteiger partial charge in [0, 0.05) is 13.1 Å². The fourth-order valence-corrected chi connectivity index (χ4v) is 2.84. The van der Waals surface area contributed by atoms with Crippen molar-refractivity contribution in [3.05, 3.63) is 0 Å². The molecule has 0 aromatic heterocycles. The molecule has 2 rings (SSSR count). The predicted octanol–water partition coefficient (Wildman–Crippen LogP) is 1.48. The largest absolute Gasteiger partial charge is 0.375 e. The molecule has 0 aromatic rings. The summed E-state index contributed by atoms with van der Waals surface area (Å²) in [5, 5.41) is 6.30. The van der Waals surface area contributed by atoms with Gasteiger partial charge in [-0.05, 0) is 25.2 Å². The Morgan fingerprint density at radius 3 is 2.72 bits per heavy atom. The van der Waals surface area contributed by atoms with Crippen molar-refractivity contribution in [3.63, 3.8) is 0 Å². The van der Waals surface area contributed by atoms with Crippen LogP contribution in [0.25, 0.3) is 0 Å². The van der Waals surface area contributed by atoms with Crippen LogP contribution in [0.4, 0.5) is 0 Å². The molecule has 2 fully saturated rings. The van der Waals surface area contributed by atoms with E-state index in [1.807, 2.05) is 6.92 Å². The number of hydrogen-bond donors (Lipinski definition) is 2. The predicted molar refractivity (Wildman–Crippen MR) is 74.0 cm³/mol. The van der Waals surface area contributed by atoms with E-state index in [1.54, 1.807) is 0 Å². The topological polar surface area (TPSA) is 50.4 Å². The minimum Gasteiger partial charge on any atom is -0.375 e. The molecule has 0 spiro atoms. The molecule has 4 nitrogen and oxygen atoms in total. The van der Waals surface area contributed by atoms with Crippen LogP contribution >= 0.6 is 12.4 Å². The minimum absolute atomic E-state index is 0. The third-order valence-corrected chi connectivity index (χ3v) is 4.10. The van der Waals surface area contributed by atoms with Gasteiger partial charge in [0.1, 0.15) is 6.04 Å². The molecule has 1 saturated carbocycles. The zero-order valence-electron chi connectivity index (χ0n) is 11.3. The molecule has 0 bridgehead atoms. The highest BCUT2D eigenvalue weighted by Crippen LogP contribution is 2.36. The van der Waals surface area contributed by atoms with Gasteiger partial charge in [-0.3, -0.25) is 4.79 Å². The van der Waals surface area contributed by atoms with Gasteiger partial charge >= 0.3 is 0 Å². The number of morpholine rings is 1. The molecule has 1 amide bonds. The number of ether oxygens (including phenoxy) is 1. The van der Waals surface area contributed by atoms with Crippen LogP contribution in [0.1, 0.15) is 39.5 Å². The number of carbonyl (C=O) groups is 1. The van der Waals surface area contributed by atoms with Crippen LogP contribution in [0, 0.1) is 5.41 Å². The minimum atomic E-state index is -0.186. The lowest BCUT2D eigenvalue weighted by molar-refractivity contribution is -0.129. The molecule has 5 heteroatoms. The summed E-state index contributed by atoms with van der Waals surface area (Å²) in [6, 6.07) is -0.186. The maximum atomic E-state index is 12.1. The smallest absolute Gasteiger partial charge is 0.239 e. The summed E-state index contributed by atoms with van der Waals surface area (Å²) in [4.78, 5) is 12.1. The summed E-state index contributed by atoms with van der Waals surface area (Å²) in [6.07, 6.45) is 5.04. The highest BCUT2D eigenvalue weighted by molar-refractivity contribution is 5.85. The number of rotatable bonds is 3. The molecule has 0 radical (unpaired) electrons. The molecule has 18 heavy (non-hydrogen) atoms. The Morgan fingerprint density at radius 2 is 2.11 bits per heavy atom. The van der Waals surface area contributed by atoms with Crippen molar-refractivity contribution < 1.29 is 9.53 Å². The highest BCUT2D eigenvalue weighted by Gasteiger charge is 2.32. The second kappa shape index (κ2) is 6.73. The molecule has 2 atom stereocenters. The van der Waals surface area contributed by atoms with E-state index in [1.165, 1.54) is 25.7 Å². The van der Waals surface area contributed by atoms with Gasteiger partial charge in [0.15, 0.2) is 0 Å². The highest BCUT2D eigenvalue weighted by atomic mass is 35.5. The van der Waals surface area contributed by atoms with Gasteiger partial charge in [0.2, 0.25) is 5.91 Å². The van der Waals surface area contributed by atoms with Gasteiger partial charge in [-0.25, -0.2) is 0 Å². The number of carbonyl (C=O) groups excluding carboxylic acids is 1. The van der Waals surface area contributed by atoms with Crippen molar-refractivity contribution in [1.29, 1.82) is 0 Å². The van der Waals surface area contributed by atoms with E-state index in [2.05, 4.69) is 17.6 Å². The number of hydrogen-bond acceptors (Lipinski definition) is 3. The van der Waals surface area contributed by atoms with Crippen LogP contribution in [-0.2, 0) is 9.53 Å². The van der Waals surface area contributed by atoms with Crippen LogP contribution in [0.2, 0.25) is 0 Å². The quantitative estimate of drug-likeness (QED) is 0.821. The Kier molecular flexibility index (Phi) is 5.89. The summed E-state index contributed by atoms with van der Waals surface area (Å²) in [5.74, 6) is 0.0883. The standard InChI is InChI=1S/C13H24N2O2.ClH/c1-10-11(14-7-8-17-10)12(16)15-9-13(2)5-3-4-6-13;/h10-11,14H,3-9H2,1-2H3,(H,15,16);1H/t10-,11+;/m1./s1. The Hall–Kier alpha value is -0.320. The SMILES string of the molecule is C[C@H]1OCCN[C@@H]1C(=O)NCC1(C)CCCC1.Cl. The summed E-state index contributed by atoms with van der Waals surface area (Å²) < 4.78 is 5.49. The number of halogens is 1. The van der Waals surface area contributed by atoms with Gasteiger partial charge in [-0.15, -0.1) is 12.4 Å². The lowest BCUT2D eigenvalue weighted by Crippen LogP contribution is -2.56. The van der Waals surface area contributed by atoms with E-state index in [0.29, 0.717) is 12.0 Å². The summed E-state index contributed by atoms with van der Waals surface area (Å²) in [7, 11) is 0. The van der Waals surface area contributed by atoms with E-state index in [9.17, 15) is 4.79 Å². The Bertz CT molecular complexity index is 280. The molecule has 0 unspecified atom stereocenters. The summed E-state index contributed by atoms with van der Waals surface area (Å²) in [5.41, 5.74) is 0.314. The lowest BCUT2D eigenvalue weighted by atomic mass is 9.89. The maximum absolute atomic E-state index is 12.1. The molecule has 1 saturated heterocycles. The molecule has 2 aliphatic rings. The third kappa shape index (κ3) is 3.84. The van der Waals surface area contributed by atoms with Crippen LogP contribution in [-0.4, -0.2) is 37.7 Å². The first-order valence-corrected chi connectivity index (χ1v) is 6.73. The van der Waals surface area contributed by atoms with Gasteiger partial charge < -0.3 is 15.4 Å². The van der Waals surface area contributed by atoms with Crippen LogP contribution < -0.4 is 10.6 Å². The second-order valence-electron chi connectivity index (χ2n) is 5.74. The third-order valence-electron chi connectivity index (χ3n) is 4.10. The second-order valence-corrected chi connectivity index (χ2v) is 5.74. The average Bonchev–Trinajstić information content (AvgIpc) is 2.74. The number of amides is 1. The normalized spacial score (nSPS) is 30.6. The van der Waals surface area contributed by atoms with Crippen molar-refractivity contribution in [2.24, 2.45) is 5.41 Å². The monoisotopic (exact) mass is 276 g/mol. The van der Waals surface area contributed by atoms with Crippen molar-refractivity contribution in [2.45, 2.75) is 51.7 Å². The Labute approximate surface area is 116 Å². The molecule has 1 aliphatic carbocycles. The first-order chi connectivity index (χ1) is 8.11. The number of nitrogens with one attached hydrogen (secondary N) is 2. The van der Waals surface area contributed by atoms with Crippen LogP contribution in [0.3, 0.4) is 0 Å². The van der Waals surface area contributed by atoms with Crippen molar-refractivity contribution in [3.8, 4) is 0 Å². The van der Waals surface area contributed by atoms with Gasteiger partial charge in [0.25, 0.3) is 0 Å². The van der Waals surface area contributed by atoms with E-state index in [-0.39, 0.29) is 30.5 Å². The van der Waals surface area contributed by atoms with Gasteiger partial charge in [0.05, 0.1) is 12.7 Å². The summed E-state index contributed by atoms with van der Waals surface area (Å²) in [6.45, 7) is 6.49. The zero-order chi connectivity index (χ0) is 12.3. The fourth-order valence-electron chi connectivity index (χ4n) is 2.84. The van der Waals surface area contributed by atoms with E-state index in [4.69, 9.17) is 4.74 Å². The fraction of sp³-hybridized carbons (Fsp3) is 0.923. The van der Waals surface area contributed by atoms with E-state index < -0.39 is 0 Å². The van der Waals surface area contributed by atoms with E-state index in [0.717, 1.165) is 13.1 Å². The molecular formula is C13H25ClN2O2.